The van der Waals surface area contributed by atoms with Crippen molar-refractivity contribution in [2.24, 2.45) is 0 Å². The number of aliphatic hydroxyl groups excluding tert-OH is 1. The molecule has 0 rings (SSSR count). The fraction of sp³-hybridized carbons (Fsp3) is 0.750. The normalized spacial score (nSPS) is 9.91. The van der Waals surface area contributed by atoms with Crippen molar-refractivity contribution >= 4 is 0 Å². The monoisotopic (exact) mass is 159 g/mol. The minimum absolute atomic E-state index is 0.104. The lowest BCUT2D eigenvalue weighted by Crippen LogP contribution is -2.21. The molecule has 0 radical (unpaired) electrons. The third kappa shape index (κ3) is 9.62. The van der Waals surface area contributed by atoms with Crippen LogP contribution in [-0.2, 0) is 4.74 Å². The molecule has 0 aromatic rings. The van der Waals surface area contributed by atoms with Gasteiger partial charge in [0.2, 0.25) is 0 Å². The van der Waals surface area contributed by atoms with Crippen LogP contribution in [0.15, 0.2) is 12.7 Å². The van der Waals surface area contributed by atoms with Gasteiger partial charge >= 0.3 is 0 Å². The first-order chi connectivity index (χ1) is 5.41. The van der Waals surface area contributed by atoms with Gasteiger partial charge in [-0.1, -0.05) is 6.08 Å². The summed E-state index contributed by atoms with van der Waals surface area (Å²) in [4.78, 5) is 0. The third-order valence-corrected chi connectivity index (χ3v) is 1.18. The molecule has 3 nitrogen and oxygen atoms in total. The van der Waals surface area contributed by atoms with Gasteiger partial charge in [0.05, 0.1) is 19.8 Å². The zero-order valence-corrected chi connectivity index (χ0v) is 6.88. The Bertz CT molecular complexity index is 86.2. The highest BCUT2D eigenvalue weighted by molar-refractivity contribution is 4.67. The van der Waals surface area contributed by atoms with Crippen LogP contribution in [0.5, 0.6) is 0 Å². The van der Waals surface area contributed by atoms with Crippen molar-refractivity contribution < 1.29 is 9.84 Å². The summed E-state index contributed by atoms with van der Waals surface area (Å²) in [5.74, 6) is 0. The molecule has 0 aromatic carbocycles. The Kier molecular flexibility index (Phi) is 9.29. The first-order valence-corrected chi connectivity index (χ1v) is 3.92. The summed E-state index contributed by atoms with van der Waals surface area (Å²) in [6.07, 6.45) is 2.86. The van der Waals surface area contributed by atoms with Gasteiger partial charge < -0.3 is 15.2 Å². The van der Waals surface area contributed by atoms with Crippen LogP contribution >= 0.6 is 0 Å². The average molecular weight is 159 g/mol. The van der Waals surface area contributed by atoms with E-state index in [1.54, 1.807) is 0 Å². The van der Waals surface area contributed by atoms with E-state index >= 15 is 0 Å². The average Bonchev–Trinajstić information content (AvgIpc) is 2.03. The minimum atomic E-state index is 0.104. The largest absolute Gasteiger partial charge is 0.394 e. The Morgan fingerprint density at radius 3 is 2.82 bits per heavy atom. The molecule has 11 heavy (non-hydrogen) atoms. The molecular weight excluding hydrogens is 142 g/mol. The highest BCUT2D eigenvalue weighted by Crippen LogP contribution is 1.75. The summed E-state index contributed by atoms with van der Waals surface area (Å²) in [6.45, 7) is 6.60. The van der Waals surface area contributed by atoms with Gasteiger partial charge in [-0.3, -0.25) is 0 Å². The molecule has 0 saturated heterocycles. The molecule has 0 aliphatic heterocycles. The van der Waals surface area contributed by atoms with E-state index in [2.05, 4.69) is 11.9 Å². The van der Waals surface area contributed by atoms with Crippen LogP contribution in [0.4, 0.5) is 0 Å². The molecule has 66 valence electrons. The molecule has 0 heterocycles. The van der Waals surface area contributed by atoms with E-state index < -0.39 is 0 Å². The van der Waals surface area contributed by atoms with Gasteiger partial charge in [0.15, 0.2) is 0 Å². The predicted octanol–water partition coefficient (Wildman–Crippen LogP) is 0.161. The number of hydrogen-bond acceptors (Lipinski definition) is 3. The molecule has 2 N–H and O–H groups in total. The number of hydrogen-bond donors (Lipinski definition) is 2. The van der Waals surface area contributed by atoms with Crippen molar-refractivity contribution in [2.45, 2.75) is 6.42 Å². The number of aliphatic hydroxyl groups is 1. The summed E-state index contributed by atoms with van der Waals surface area (Å²) < 4.78 is 5.02. The molecule has 0 aromatic heterocycles. The Morgan fingerprint density at radius 1 is 1.36 bits per heavy atom. The molecule has 3 heteroatoms. The van der Waals surface area contributed by atoms with Crippen LogP contribution in [0.1, 0.15) is 6.42 Å². The first kappa shape index (κ1) is 10.6. The summed E-state index contributed by atoms with van der Waals surface area (Å²) >= 11 is 0. The summed E-state index contributed by atoms with van der Waals surface area (Å²) in [7, 11) is 0. The minimum Gasteiger partial charge on any atom is -0.394 e. The fourth-order valence-corrected chi connectivity index (χ4v) is 0.640. The van der Waals surface area contributed by atoms with Crippen LogP contribution in [0.2, 0.25) is 0 Å². The topological polar surface area (TPSA) is 41.5 Å². The lowest BCUT2D eigenvalue weighted by molar-refractivity contribution is 0.0940. The maximum Gasteiger partial charge on any atom is 0.0698 e. The molecule has 0 atom stereocenters. The van der Waals surface area contributed by atoms with Crippen molar-refractivity contribution in [2.75, 3.05) is 32.9 Å². The number of rotatable bonds is 8. The van der Waals surface area contributed by atoms with E-state index in [1.165, 1.54) is 0 Å². The van der Waals surface area contributed by atoms with Crippen LogP contribution < -0.4 is 5.32 Å². The standard InChI is InChI=1S/C8H17NO2/c1-2-3-4-9-5-7-11-8-6-10/h2,9-10H,1,3-8H2. The molecular formula is C8H17NO2. The van der Waals surface area contributed by atoms with E-state index in [0.717, 1.165) is 19.5 Å². The zero-order valence-electron chi connectivity index (χ0n) is 6.88. The van der Waals surface area contributed by atoms with Gasteiger partial charge in [-0.25, -0.2) is 0 Å². The second kappa shape index (κ2) is 9.62. The second-order valence-electron chi connectivity index (χ2n) is 2.16. The SMILES string of the molecule is C=CCCNCCOCCO. The third-order valence-electron chi connectivity index (χ3n) is 1.18. The molecule has 0 aliphatic carbocycles. The summed E-state index contributed by atoms with van der Waals surface area (Å²) in [5.41, 5.74) is 0. The Hall–Kier alpha value is -0.380. The van der Waals surface area contributed by atoms with Gasteiger partial charge in [-0.05, 0) is 13.0 Å². The highest BCUT2D eigenvalue weighted by Gasteiger charge is 1.85. The molecule has 0 bridgehead atoms. The van der Waals surface area contributed by atoms with Crippen LogP contribution in [0.3, 0.4) is 0 Å². The molecule has 0 aliphatic rings. The van der Waals surface area contributed by atoms with Gasteiger partial charge in [-0.15, -0.1) is 6.58 Å². The van der Waals surface area contributed by atoms with Crippen molar-refractivity contribution in [3.63, 3.8) is 0 Å². The maximum absolute atomic E-state index is 8.35. The molecule has 0 spiro atoms. The summed E-state index contributed by atoms with van der Waals surface area (Å²) in [6, 6.07) is 0. The number of ether oxygens (including phenoxy) is 1. The second-order valence-corrected chi connectivity index (χ2v) is 2.16. The van der Waals surface area contributed by atoms with Gasteiger partial charge in [0, 0.05) is 6.54 Å². The van der Waals surface area contributed by atoms with E-state index in [0.29, 0.717) is 13.2 Å². The van der Waals surface area contributed by atoms with Crippen molar-refractivity contribution in [1.82, 2.24) is 5.32 Å². The maximum atomic E-state index is 8.35. The van der Waals surface area contributed by atoms with E-state index in [4.69, 9.17) is 9.84 Å². The van der Waals surface area contributed by atoms with Crippen molar-refractivity contribution in [3.8, 4) is 0 Å². The van der Waals surface area contributed by atoms with Crippen molar-refractivity contribution in [3.05, 3.63) is 12.7 Å². The van der Waals surface area contributed by atoms with Gasteiger partial charge in [0.25, 0.3) is 0 Å². The Balaban J connectivity index is 2.74. The molecule has 0 saturated carbocycles. The quantitative estimate of drug-likeness (QED) is 0.391. The Labute approximate surface area is 68.1 Å². The van der Waals surface area contributed by atoms with Crippen molar-refractivity contribution in [1.29, 1.82) is 0 Å². The predicted molar refractivity (Wildman–Crippen MR) is 45.6 cm³/mol. The van der Waals surface area contributed by atoms with Gasteiger partial charge in [0.1, 0.15) is 0 Å². The highest BCUT2D eigenvalue weighted by atomic mass is 16.5. The van der Waals surface area contributed by atoms with Crippen LogP contribution in [-0.4, -0.2) is 38.0 Å². The lowest BCUT2D eigenvalue weighted by atomic mass is 10.4. The summed E-state index contributed by atoms with van der Waals surface area (Å²) in [5, 5.41) is 11.5. The zero-order chi connectivity index (χ0) is 8.36. The fourth-order valence-electron chi connectivity index (χ4n) is 0.640. The molecule has 0 unspecified atom stereocenters. The lowest BCUT2D eigenvalue weighted by Gasteiger charge is -2.02. The van der Waals surface area contributed by atoms with Crippen LogP contribution in [0.25, 0.3) is 0 Å². The van der Waals surface area contributed by atoms with E-state index in [9.17, 15) is 0 Å². The van der Waals surface area contributed by atoms with E-state index in [1.807, 2.05) is 6.08 Å². The van der Waals surface area contributed by atoms with E-state index in [-0.39, 0.29) is 6.61 Å². The Morgan fingerprint density at radius 2 is 2.18 bits per heavy atom. The first-order valence-electron chi connectivity index (χ1n) is 3.92. The van der Waals surface area contributed by atoms with Gasteiger partial charge in [-0.2, -0.15) is 0 Å². The number of nitrogens with one attached hydrogen (secondary N) is 1. The van der Waals surface area contributed by atoms with Crippen LogP contribution in [0, 0.1) is 0 Å². The molecule has 0 fully saturated rings. The smallest absolute Gasteiger partial charge is 0.0698 e. The molecule has 0 amide bonds.